The zero-order valence-electron chi connectivity index (χ0n) is 22.7. The van der Waals surface area contributed by atoms with Gasteiger partial charge in [0.2, 0.25) is 5.91 Å². The van der Waals surface area contributed by atoms with E-state index in [4.69, 9.17) is 14.2 Å². The molecule has 0 spiro atoms. The normalized spacial score (nSPS) is 23.8. The Morgan fingerprint density at radius 1 is 1.16 bits per heavy atom. The van der Waals surface area contributed by atoms with Crippen molar-refractivity contribution in [2.24, 2.45) is 11.8 Å². The van der Waals surface area contributed by atoms with Crippen molar-refractivity contribution in [3.05, 3.63) is 23.8 Å². The van der Waals surface area contributed by atoms with E-state index >= 15 is 0 Å². The first-order chi connectivity index (χ1) is 17.7. The van der Waals surface area contributed by atoms with E-state index in [-0.39, 0.29) is 48.4 Å². The fraction of sp³-hybridized carbons (Fsp3) is 0.667. The molecule has 2 heterocycles. The highest BCUT2D eigenvalue weighted by atomic mass is 16.5. The number of carbonyl (C=O) groups excluding carboxylic acids is 3. The maximum Gasteiger partial charge on any atom is 0.319 e. The number of benzene rings is 1. The minimum absolute atomic E-state index is 0.0133. The molecule has 10 nitrogen and oxygen atoms in total. The second-order valence-electron chi connectivity index (χ2n) is 10.1. The van der Waals surface area contributed by atoms with Gasteiger partial charge in [0, 0.05) is 64.5 Å². The summed E-state index contributed by atoms with van der Waals surface area (Å²) in [5, 5.41) is 5.54. The molecule has 1 fully saturated rings. The van der Waals surface area contributed by atoms with Crippen molar-refractivity contribution in [1.82, 2.24) is 15.1 Å². The predicted octanol–water partition coefficient (Wildman–Crippen LogP) is 2.98. The second kappa shape index (κ2) is 13.6. The number of urea groups is 1. The highest BCUT2D eigenvalue weighted by Gasteiger charge is 2.33. The summed E-state index contributed by atoms with van der Waals surface area (Å²) in [5.74, 6) is 0.205. The zero-order chi connectivity index (χ0) is 26.9. The van der Waals surface area contributed by atoms with Crippen molar-refractivity contribution in [3.8, 4) is 5.75 Å². The van der Waals surface area contributed by atoms with Crippen LogP contribution in [0.1, 0.15) is 50.4 Å². The maximum atomic E-state index is 13.6. The molecule has 0 saturated carbocycles. The lowest BCUT2D eigenvalue weighted by Gasteiger charge is -2.38. The third kappa shape index (κ3) is 7.58. The van der Waals surface area contributed by atoms with E-state index in [1.165, 1.54) is 0 Å². The Kier molecular flexibility index (Phi) is 10.6. The van der Waals surface area contributed by atoms with Crippen LogP contribution in [0.15, 0.2) is 18.2 Å². The van der Waals surface area contributed by atoms with Gasteiger partial charge >= 0.3 is 6.03 Å². The van der Waals surface area contributed by atoms with Gasteiger partial charge in [-0.3, -0.25) is 9.59 Å². The van der Waals surface area contributed by atoms with Gasteiger partial charge in [0.1, 0.15) is 12.4 Å². The van der Waals surface area contributed by atoms with Crippen LogP contribution < -0.4 is 15.4 Å². The average molecular weight is 519 g/mol. The first-order valence-corrected chi connectivity index (χ1v) is 13.2. The van der Waals surface area contributed by atoms with Crippen LogP contribution >= 0.6 is 0 Å². The summed E-state index contributed by atoms with van der Waals surface area (Å²) in [6.45, 7) is 8.81. The number of anilines is 1. The fourth-order valence-electron chi connectivity index (χ4n) is 4.75. The number of fused-ring (bicyclic) bond motifs is 1. The van der Waals surface area contributed by atoms with E-state index in [1.54, 1.807) is 37.3 Å². The number of nitrogens with zero attached hydrogens (tertiary/aromatic N) is 2. The Morgan fingerprint density at radius 2 is 1.89 bits per heavy atom. The molecule has 0 unspecified atom stereocenters. The van der Waals surface area contributed by atoms with Crippen molar-refractivity contribution in [3.63, 3.8) is 0 Å². The Balaban J connectivity index is 1.90. The highest BCUT2D eigenvalue weighted by molar-refractivity contribution is 5.99. The maximum absolute atomic E-state index is 13.6. The van der Waals surface area contributed by atoms with Gasteiger partial charge in [-0.1, -0.05) is 13.8 Å². The second-order valence-corrected chi connectivity index (χ2v) is 10.1. The van der Waals surface area contributed by atoms with Crippen molar-refractivity contribution in [1.29, 1.82) is 0 Å². The topological polar surface area (TPSA) is 109 Å². The monoisotopic (exact) mass is 518 g/mol. The van der Waals surface area contributed by atoms with Crippen LogP contribution in [0.5, 0.6) is 5.75 Å². The molecular weight excluding hydrogens is 476 g/mol. The number of rotatable bonds is 5. The van der Waals surface area contributed by atoms with Crippen LogP contribution in [0.25, 0.3) is 0 Å². The number of methoxy groups -OCH3 is 1. The van der Waals surface area contributed by atoms with Crippen molar-refractivity contribution >= 4 is 23.5 Å². The van der Waals surface area contributed by atoms with E-state index in [0.29, 0.717) is 62.7 Å². The Morgan fingerprint density at radius 3 is 2.57 bits per heavy atom. The number of hydrogen-bond donors (Lipinski definition) is 2. The van der Waals surface area contributed by atoms with Gasteiger partial charge in [0.05, 0.1) is 17.7 Å². The van der Waals surface area contributed by atoms with E-state index in [2.05, 4.69) is 10.6 Å². The number of hydrogen-bond acceptors (Lipinski definition) is 6. The van der Waals surface area contributed by atoms with E-state index in [1.807, 2.05) is 25.7 Å². The van der Waals surface area contributed by atoms with Crippen molar-refractivity contribution < 1.29 is 28.6 Å². The Bertz CT molecular complexity index is 935. The molecule has 206 valence electrons. The van der Waals surface area contributed by atoms with Gasteiger partial charge in [-0.15, -0.1) is 0 Å². The minimum Gasteiger partial charge on any atom is -0.491 e. The van der Waals surface area contributed by atoms with Gasteiger partial charge < -0.3 is 34.6 Å². The molecule has 2 aliphatic heterocycles. The first-order valence-electron chi connectivity index (χ1n) is 13.2. The predicted molar refractivity (Wildman–Crippen MR) is 141 cm³/mol. The number of amides is 4. The van der Waals surface area contributed by atoms with Crippen LogP contribution in [0.4, 0.5) is 10.5 Å². The molecule has 4 amide bonds. The summed E-state index contributed by atoms with van der Waals surface area (Å²) in [6.07, 6.45) is 1.98. The summed E-state index contributed by atoms with van der Waals surface area (Å²) in [4.78, 5) is 42.7. The van der Waals surface area contributed by atoms with Crippen LogP contribution in [0.2, 0.25) is 0 Å². The molecule has 3 atom stereocenters. The molecule has 2 aliphatic rings. The van der Waals surface area contributed by atoms with Crippen LogP contribution in [0.3, 0.4) is 0 Å². The molecule has 0 bridgehead atoms. The quantitative estimate of drug-likeness (QED) is 0.620. The number of likely N-dealkylation sites (N-methyl/N-ethyl adjacent to an activating group) is 1. The number of carbonyl (C=O) groups is 3. The summed E-state index contributed by atoms with van der Waals surface area (Å²) >= 11 is 0. The molecule has 0 aliphatic carbocycles. The molecule has 2 N–H and O–H groups in total. The summed E-state index contributed by atoms with van der Waals surface area (Å²) < 4.78 is 17.4. The van der Waals surface area contributed by atoms with Gasteiger partial charge in [0.15, 0.2) is 0 Å². The summed E-state index contributed by atoms with van der Waals surface area (Å²) in [5.41, 5.74) is 0.833. The van der Waals surface area contributed by atoms with Gasteiger partial charge in [0.25, 0.3) is 5.91 Å². The SMILES string of the molecule is CCCNC(=O)Nc1ccc2c(c1)C(=O)N(C)C[C@@H](OC)[C@@H](C)CN(C(=O)C1CCOCC1)[C@@H](C)CO2. The third-order valence-electron chi connectivity index (χ3n) is 7.09. The molecule has 37 heavy (non-hydrogen) atoms. The first kappa shape index (κ1) is 28.7. The summed E-state index contributed by atoms with van der Waals surface area (Å²) in [7, 11) is 3.35. The lowest BCUT2D eigenvalue weighted by atomic mass is 9.95. The lowest BCUT2D eigenvalue weighted by Crippen LogP contribution is -2.50. The highest BCUT2D eigenvalue weighted by Crippen LogP contribution is 2.27. The number of ether oxygens (including phenoxy) is 3. The number of nitrogens with one attached hydrogen (secondary N) is 2. The minimum atomic E-state index is -0.333. The van der Waals surface area contributed by atoms with E-state index in [9.17, 15) is 14.4 Å². The van der Waals surface area contributed by atoms with Gasteiger partial charge in [-0.25, -0.2) is 4.79 Å². The standard InChI is InChI=1S/C27H42N4O6/c1-6-11-28-27(34)29-21-7-8-23-22(14-21)26(33)30(4)16-24(35-5)18(2)15-31(19(3)17-37-23)25(32)20-9-12-36-13-10-20/h7-8,14,18-20,24H,6,9-13,15-17H2,1-5H3,(H2,28,29,34)/t18-,19-,24+/m0/s1. The molecule has 1 aromatic carbocycles. The molecule has 1 saturated heterocycles. The van der Waals surface area contributed by atoms with Crippen LogP contribution in [-0.2, 0) is 14.3 Å². The Hall–Kier alpha value is -2.85. The van der Waals surface area contributed by atoms with Crippen molar-refractivity contribution in [2.75, 3.05) is 58.9 Å². The fourth-order valence-corrected chi connectivity index (χ4v) is 4.75. The molecule has 0 aromatic heterocycles. The largest absolute Gasteiger partial charge is 0.491 e. The lowest BCUT2D eigenvalue weighted by molar-refractivity contribution is -0.142. The third-order valence-corrected chi connectivity index (χ3v) is 7.09. The molecule has 0 radical (unpaired) electrons. The smallest absolute Gasteiger partial charge is 0.319 e. The van der Waals surface area contributed by atoms with Gasteiger partial charge in [-0.05, 0) is 44.4 Å². The van der Waals surface area contributed by atoms with E-state index < -0.39 is 0 Å². The van der Waals surface area contributed by atoms with Crippen LogP contribution in [-0.4, -0.2) is 93.4 Å². The molecule has 3 rings (SSSR count). The Labute approximate surface area is 220 Å². The van der Waals surface area contributed by atoms with E-state index in [0.717, 1.165) is 6.42 Å². The average Bonchev–Trinajstić information content (AvgIpc) is 2.91. The van der Waals surface area contributed by atoms with Crippen LogP contribution in [0, 0.1) is 11.8 Å². The molecular formula is C27H42N4O6. The molecule has 1 aromatic rings. The summed E-state index contributed by atoms with van der Waals surface area (Å²) in [6, 6.07) is 4.48. The molecule has 10 heteroatoms. The van der Waals surface area contributed by atoms with Gasteiger partial charge in [-0.2, -0.15) is 0 Å². The zero-order valence-corrected chi connectivity index (χ0v) is 22.7. The van der Waals surface area contributed by atoms with Crippen molar-refractivity contribution in [2.45, 2.75) is 52.2 Å².